The standard InChI is InChI=1S/C26H34N2O4/c1-4-5-16-32-24-12-10-21(19-25(24)30-3)11-13-26(29)27(2)20-22-8-6-7-9-23(22)28-14-17-31-18-15-28/h6-13,19H,4-5,14-18,20H2,1-3H3/b13-11+. The zero-order valence-electron chi connectivity index (χ0n) is 19.4. The number of methoxy groups -OCH3 is 1. The van der Waals surface area contributed by atoms with Gasteiger partial charge in [0.2, 0.25) is 5.91 Å². The molecule has 1 heterocycles. The van der Waals surface area contributed by atoms with Gasteiger partial charge in [0.1, 0.15) is 0 Å². The minimum Gasteiger partial charge on any atom is -0.493 e. The third-order valence-corrected chi connectivity index (χ3v) is 5.49. The van der Waals surface area contributed by atoms with E-state index in [0.29, 0.717) is 18.9 Å². The van der Waals surface area contributed by atoms with E-state index in [1.165, 1.54) is 5.69 Å². The Bertz CT molecular complexity index is 906. The van der Waals surface area contributed by atoms with E-state index in [4.69, 9.17) is 14.2 Å². The third-order valence-electron chi connectivity index (χ3n) is 5.49. The van der Waals surface area contributed by atoms with Gasteiger partial charge < -0.3 is 24.0 Å². The van der Waals surface area contributed by atoms with Gasteiger partial charge in [0.15, 0.2) is 11.5 Å². The maximum absolute atomic E-state index is 12.8. The highest BCUT2D eigenvalue weighted by Crippen LogP contribution is 2.29. The molecule has 1 fully saturated rings. The summed E-state index contributed by atoms with van der Waals surface area (Å²) in [5.74, 6) is 1.34. The number of hydrogen-bond acceptors (Lipinski definition) is 5. The lowest BCUT2D eigenvalue weighted by Crippen LogP contribution is -2.37. The Morgan fingerprint density at radius 2 is 1.94 bits per heavy atom. The average Bonchev–Trinajstić information content (AvgIpc) is 2.84. The number of carbonyl (C=O) groups is 1. The van der Waals surface area contributed by atoms with Crippen molar-refractivity contribution in [1.29, 1.82) is 0 Å². The maximum atomic E-state index is 12.8. The van der Waals surface area contributed by atoms with Crippen molar-refractivity contribution in [3.63, 3.8) is 0 Å². The summed E-state index contributed by atoms with van der Waals surface area (Å²) in [6.07, 6.45) is 5.49. The molecule has 6 heteroatoms. The molecule has 2 aromatic rings. The van der Waals surface area contributed by atoms with E-state index in [1.807, 2.05) is 43.5 Å². The van der Waals surface area contributed by atoms with Crippen LogP contribution in [0.5, 0.6) is 11.5 Å². The Balaban J connectivity index is 1.63. The van der Waals surface area contributed by atoms with E-state index in [-0.39, 0.29) is 5.91 Å². The predicted molar refractivity (Wildman–Crippen MR) is 128 cm³/mol. The van der Waals surface area contributed by atoms with Crippen LogP contribution in [0.2, 0.25) is 0 Å². The number of anilines is 1. The van der Waals surface area contributed by atoms with E-state index < -0.39 is 0 Å². The quantitative estimate of drug-likeness (QED) is 0.407. The number of hydrogen-bond donors (Lipinski definition) is 0. The largest absolute Gasteiger partial charge is 0.493 e. The lowest BCUT2D eigenvalue weighted by atomic mass is 10.1. The van der Waals surface area contributed by atoms with Gasteiger partial charge in [-0.3, -0.25) is 4.79 Å². The minimum atomic E-state index is -0.0518. The number of ether oxygens (including phenoxy) is 3. The molecule has 0 radical (unpaired) electrons. The Morgan fingerprint density at radius 3 is 2.69 bits per heavy atom. The summed E-state index contributed by atoms with van der Waals surface area (Å²) >= 11 is 0. The Labute approximate surface area is 191 Å². The van der Waals surface area contributed by atoms with Gasteiger partial charge in [0.05, 0.1) is 26.9 Å². The predicted octanol–water partition coefficient (Wildman–Crippen LogP) is 4.38. The van der Waals surface area contributed by atoms with Crippen molar-refractivity contribution in [3.05, 3.63) is 59.7 Å². The highest BCUT2D eigenvalue weighted by atomic mass is 16.5. The SMILES string of the molecule is CCCCOc1ccc(/C=C/C(=O)N(C)Cc2ccccc2N2CCOCC2)cc1OC. The second-order valence-corrected chi connectivity index (χ2v) is 7.87. The maximum Gasteiger partial charge on any atom is 0.246 e. The molecule has 0 aromatic heterocycles. The van der Waals surface area contributed by atoms with Crippen molar-refractivity contribution in [2.24, 2.45) is 0 Å². The van der Waals surface area contributed by atoms with Gasteiger partial charge in [-0.15, -0.1) is 0 Å². The van der Waals surface area contributed by atoms with E-state index in [9.17, 15) is 4.79 Å². The smallest absolute Gasteiger partial charge is 0.246 e. The van der Waals surface area contributed by atoms with Crippen LogP contribution in [0.4, 0.5) is 5.69 Å². The number of amides is 1. The van der Waals surface area contributed by atoms with E-state index in [0.717, 1.165) is 56.0 Å². The number of para-hydroxylation sites is 1. The molecule has 0 N–H and O–H groups in total. The van der Waals surface area contributed by atoms with Crippen LogP contribution in [0, 0.1) is 0 Å². The van der Waals surface area contributed by atoms with Crippen molar-refractivity contribution in [2.75, 3.05) is 52.0 Å². The minimum absolute atomic E-state index is 0.0518. The van der Waals surface area contributed by atoms with Gasteiger partial charge in [-0.2, -0.15) is 0 Å². The summed E-state index contributed by atoms with van der Waals surface area (Å²) in [7, 11) is 3.45. The third kappa shape index (κ3) is 6.50. The van der Waals surface area contributed by atoms with E-state index in [1.54, 1.807) is 18.1 Å². The van der Waals surface area contributed by atoms with Gasteiger partial charge in [-0.05, 0) is 41.8 Å². The molecule has 0 saturated carbocycles. The summed E-state index contributed by atoms with van der Waals surface area (Å²) in [4.78, 5) is 16.8. The van der Waals surface area contributed by atoms with Gasteiger partial charge >= 0.3 is 0 Å². The van der Waals surface area contributed by atoms with Crippen molar-refractivity contribution >= 4 is 17.7 Å². The molecule has 172 valence electrons. The monoisotopic (exact) mass is 438 g/mol. The summed E-state index contributed by atoms with van der Waals surface area (Å²) in [6.45, 7) is 6.55. The molecule has 1 amide bonds. The topological polar surface area (TPSA) is 51.2 Å². The van der Waals surface area contributed by atoms with Crippen LogP contribution in [0.15, 0.2) is 48.5 Å². The first-order valence-corrected chi connectivity index (χ1v) is 11.3. The van der Waals surface area contributed by atoms with Crippen molar-refractivity contribution < 1.29 is 19.0 Å². The molecule has 1 aliphatic heterocycles. The summed E-state index contributed by atoms with van der Waals surface area (Å²) < 4.78 is 16.7. The summed E-state index contributed by atoms with van der Waals surface area (Å²) in [5.41, 5.74) is 3.19. The van der Waals surface area contributed by atoms with Gasteiger partial charge in [-0.1, -0.05) is 37.6 Å². The normalized spacial score (nSPS) is 13.9. The second kappa shape index (κ2) is 12.2. The zero-order valence-corrected chi connectivity index (χ0v) is 19.4. The molecular weight excluding hydrogens is 404 g/mol. The fourth-order valence-corrected chi connectivity index (χ4v) is 3.62. The molecule has 0 unspecified atom stereocenters. The Kier molecular flexibility index (Phi) is 8.99. The van der Waals surface area contributed by atoms with Gasteiger partial charge in [-0.25, -0.2) is 0 Å². The van der Waals surface area contributed by atoms with Crippen LogP contribution >= 0.6 is 0 Å². The first kappa shape index (κ1) is 23.7. The van der Waals surface area contributed by atoms with Gasteiger partial charge in [0, 0.05) is 38.4 Å². The fourth-order valence-electron chi connectivity index (χ4n) is 3.62. The number of unbranched alkanes of at least 4 members (excludes halogenated alkanes) is 1. The zero-order chi connectivity index (χ0) is 22.8. The van der Waals surface area contributed by atoms with Crippen molar-refractivity contribution in [1.82, 2.24) is 4.90 Å². The van der Waals surface area contributed by atoms with E-state index in [2.05, 4.69) is 24.0 Å². The lowest BCUT2D eigenvalue weighted by Gasteiger charge is -2.31. The van der Waals surface area contributed by atoms with Crippen molar-refractivity contribution in [2.45, 2.75) is 26.3 Å². The summed E-state index contributed by atoms with van der Waals surface area (Å²) in [5, 5.41) is 0. The van der Waals surface area contributed by atoms with Crippen LogP contribution in [0.1, 0.15) is 30.9 Å². The molecule has 2 aromatic carbocycles. The number of nitrogens with zero attached hydrogens (tertiary/aromatic N) is 2. The first-order valence-electron chi connectivity index (χ1n) is 11.3. The van der Waals surface area contributed by atoms with Gasteiger partial charge in [0.25, 0.3) is 0 Å². The number of benzene rings is 2. The number of morpholine rings is 1. The number of rotatable bonds is 10. The second-order valence-electron chi connectivity index (χ2n) is 7.87. The van der Waals surface area contributed by atoms with Crippen molar-refractivity contribution in [3.8, 4) is 11.5 Å². The Morgan fingerprint density at radius 1 is 1.16 bits per heavy atom. The molecule has 0 atom stereocenters. The molecule has 1 saturated heterocycles. The lowest BCUT2D eigenvalue weighted by molar-refractivity contribution is -0.125. The highest BCUT2D eigenvalue weighted by molar-refractivity contribution is 5.91. The van der Waals surface area contributed by atoms with Crippen LogP contribution < -0.4 is 14.4 Å². The molecule has 3 rings (SSSR count). The van der Waals surface area contributed by atoms with E-state index >= 15 is 0 Å². The molecule has 0 bridgehead atoms. The first-order chi connectivity index (χ1) is 15.6. The number of likely N-dealkylation sites (N-methyl/N-ethyl adjacent to an activating group) is 1. The molecule has 1 aliphatic rings. The average molecular weight is 439 g/mol. The molecule has 32 heavy (non-hydrogen) atoms. The molecule has 0 aliphatic carbocycles. The fraction of sp³-hybridized carbons (Fsp3) is 0.423. The highest BCUT2D eigenvalue weighted by Gasteiger charge is 2.16. The van der Waals surface area contributed by atoms with Crippen LogP contribution in [-0.4, -0.2) is 57.9 Å². The molecule has 6 nitrogen and oxygen atoms in total. The molecule has 0 spiro atoms. The molecular formula is C26H34N2O4. The van der Waals surface area contributed by atoms with Crippen LogP contribution in [0.25, 0.3) is 6.08 Å². The summed E-state index contributed by atoms with van der Waals surface area (Å²) in [6, 6.07) is 14.0. The Hall–Kier alpha value is -2.99. The van der Waals surface area contributed by atoms with Crippen LogP contribution in [0.3, 0.4) is 0 Å². The van der Waals surface area contributed by atoms with Crippen LogP contribution in [-0.2, 0) is 16.1 Å². The number of carbonyl (C=O) groups excluding carboxylic acids is 1.